The summed E-state index contributed by atoms with van der Waals surface area (Å²) in [7, 11) is 0. The first-order valence-electron chi connectivity index (χ1n) is 3.32. The van der Waals surface area contributed by atoms with Crippen LogP contribution in [0.3, 0.4) is 0 Å². The molecule has 0 aliphatic heterocycles. The van der Waals surface area contributed by atoms with E-state index in [0.717, 1.165) is 13.8 Å². The Bertz CT molecular complexity index is 69.3. The number of hydrogen-bond acceptors (Lipinski definition) is 0. The van der Waals surface area contributed by atoms with Crippen molar-refractivity contribution in [2.24, 2.45) is 5.92 Å². The molecule has 0 amide bonds. The van der Waals surface area contributed by atoms with Gasteiger partial charge in [-0.25, -0.2) is 0 Å². The Morgan fingerprint density at radius 2 is 1.56 bits per heavy atom. The summed E-state index contributed by atoms with van der Waals surface area (Å²) < 4.78 is 1.68. The van der Waals surface area contributed by atoms with E-state index in [4.69, 9.17) is 0 Å². The Labute approximate surface area is 85.5 Å². The molecule has 0 nitrogen and oxygen atoms in total. The lowest BCUT2D eigenvalue weighted by Gasteiger charge is -2.14. The molecule has 0 aromatic rings. The van der Waals surface area contributed by atoms with Gasteiger partial charge < -0.3 is 0 Å². The summed E-state index contributed by atoms with van der Waals surface area (Å²) in [6, 6.07) is 0. The molecule has 0 aliphatic carbocycles. The van der Waals surface area contributed by atoms with Gasteiger partial charge in [0.25, 0.3) is 0 Å². The van der Waals surface area contributed by atoms with Gasteiger partial charge in [-0.1, -0.05) is 66.0 Å². The van der Waals surface area contributed by atoms with Crippen LogP contribution in [-0.4, -0.2) is 7.85 Å². The number of rotatable bonds is 3. The molecule has 0 saturated carbocycles. The predicted molar refractivity (Wildman–Crippen MR) is 60.7 cm³/mol. The van der Waals surface area contributed by atoms with Crippen molar-refractivity contribution in [2.45, 2.75) is 35.0 Å². The second-order valence-corrected chi connectivity index (χ2v) is 6.50. The zero-order valence-electron chi connectivity index (χ0n) is 6.20. The van der Waals surface area contributed by atoms with Crippen molar-refractivity contribution in [3.8, 4) is 0 Å². The van der Waals surface area contributed by atoms with E-state index >= 15 is 0 Å². The van der Waals surface area contributed by atoms with Gasteiger partial charge in [0.15, 0.2) is 0 Å². The molecule has 0 heterocycles. The van der Waals surface area contributed by atoms with Gasteiger partial charge in [0.1, 0.15) is 0 Å². The maximum Gasteiger partial charge on any atom is 0.0142 e. The highest BCUT2D eigenvalue weighted by atomic mass is 127. The number of halogens is 2. The first-order chi connectivity index (χ1) is 4.04. The van der Waals surface area contributed by atoms with E-state index in [1.54, 1.807) is 0 Å². The summed E-state index contributed by atoms with van der Waals surface area (Å²) in [5, 5.41) is 0. The quantitative estimate of drug-likeness (QED) is 0.537. The summed E-state index contributed by atoms with van der Waals surface area (Å²) in [5.74, 6) is 0.836. The van der Waals surface area contributed by atoms with Crippen LogP contribution in [0, 0.1) is 5.92 Å². The molecule has 56 valence electrons. The molecule has 0 radical (unpaired) electrons. The topological polar surface area (TPSA) is 0 Å². The lowest BCUT2D eigenvalue weighted by Crippen LogP contribution is -2.10. The van der Waals surface area contributed by atoms with Gasteiger partial charge in [0, 0.05) is 7.85 Å². The minimum atomic E-state index is 0.826. The molecule has 9 heavy (non-hydrogen) atoms. The zero-order valence-corrected chi connectivity index (χ0v) is 10.5. The molecule has 0 saturated heterocycles. The molecule has 0 bridgehead atoms. The fourth-order valence-electron chi connectivity index (χ4n) is 0.582. The summed E-state index contributed by atoms with van der Waals surface area (Å²) >= 11 is 5.03. The second-order valence-electron chi connectivity index (χ2n) is 2.78. The van der Waals surface area contributed by atoms with Gasteiger partial charge in [-0.15, -0.1) is 0 Å². The monoisotopic (exact) mass is 352 g/mol. The van der Waals surface area contributed by atoms with Crippen molar-refractivity contribution in [1.29, 1.82) is 0 Å². The lowest BCUT2D eigenvalue weighted by molar-refractivity contribution is 0.596. The van der Waals surface area contributed by atoms with E-state index in [0.29, 0.717) is 0 Å². The molecule has 0 aromatic heterocycles. The lowest BCUT2D eigenvalue weighted by atomic mass is 10.1. The average Bonchev–Trinajstić information content (AvgIpc) is 1.63. The van der Waals surface area contributed by atoms with Crippen LogP contribution >= 0.6 is 45.2 Å². The van der Waals surface area contributed by atoms with Crippen molar-refractivity contribution in [3.63, 3.8) is 0 Å². The molecular formula is C7H14I2. The van der Waals surface area contributed by atoms with Crippen molar-refractivity contribution in [3.05, 3.63) is 0 Å². The first kappa shape index (κ1) is 10.5. The number of hydrogen-bond donors (Lipinski definition) is 0. The van der Waals surface area contributed by atoms with Crippen LogP contribution in [0.4, 0.5) is 0 Å². The van der Waals surface area contributed by atoms with E-state index in [1.165, 1.54) is 6.42 Å². The van der Waals surface area contributed by atoms with Crippen LogP contribution in [0.15, 0.2) is 0 Å². The highest BCUT2D eigenvalue weighted by Gasteiger charge is 2.10. The molecule has 0 rings (SSSR count). The third-order valence-corrected chi connectivity index (χ3v) is 3.73. The largest absolute Gasteiger partial charge is 0.0829 e. The molecule has 2 heteroatoms. The maximum absolute atomic E-state index is 2.54. The van der Waals surface area contributed by atoms with Crippen LogP contribution in [0.2, 0.25) is 0 Å². The Hall–Kier alpha value is 1.46. The summed E-state index contributed by atoms with van der Waals surface area (Å²) in [5.41, 5.74) is 0. The van der Waals surface area contributed by atoms with Crippen LogP contribution in [0.1, 0.15) is 27.2 Å². The molecular weight excluding hydrogens is 338 g/mol. The Kier molecular flexibility index (Phi) is 5.99. The van der Waals surface area contributed by atoms with E-state index in [9.17, 15) is 0 Å². The normalized spacial score (nSPS) is 18.0. The summed E-state index contributed by atoms with van der Waals surface area (Å²) in [4.78, 5) is 0. The smallest absolute Gasteiger partial charge is 0.0142 e. The van der Waals surface area contributed by atoms with Crippen molar-refractivity contribution < 1.29 is 0 Å². The molecule has 0 aliphatic rings. The Morgan fingerprint density at radius 3 is 1.67 bits per heavy atom. The SMILES string of the molecule is CC(I)CC(I)C(C)C. The van der Waals surface area contributed by atoms with Gasteiger partial charge in [-0.3, -0.25) is 0 Å². The number of alkyl halides is 2. The minimum Gasteiger partial charge on any atom is -0.0829 e. The third kappa shape index (κ3) is 5.88. The predicted octanol–water partition coefficient (Wildman–Crippen LogP) is 3.66. The van der Waals surface area contributed by atoms with E-state index in [-0.39, 0.29) is 0 Å². The molecule has 2 unspecified atom stereocenters. The van der Waals surface area contributed by atoms with Crippen molar-refractivity contribution in [1.82, 2.24) is 0 Å². The second kappa shape index (κ2) is 5.16. The third-order valence-electron chi connectivity index (χ3n) is 1.27. The van der Waals surface area contributed by atoms with Crippen LogP contribution in [0.25, 0.3) is 0 Å². The van der Waals surface area contributed by atoms with Gasteiger partial charge >= 0.3 is 0 Å². The first-order valence-corrected chi connectivity index (χ1v) is 5.81. The van der Waals surface area contributed by atoms with Crippen LogP contribution < -0.4 is 0 Å². The average molecular weight is 352 g/mol. The molecule has 0 aromatic carbocycles. The summed E-state index contributed by atoms with van der Waals surface area (Å²) in [6.07, 6.45) is 1.35. The summed E-state index contributed by atoms with van der Waals surface area (Å²) in [6.45, 7) is 6.85. The minimum absolute atomic E-state index is 0.826. The van der Waals surface area contributed by atoms with Gasteiger partial charge in [0.05, 0.1) is 0 Å². The molecule has 0 spiro atoms. The maximum atomic E-state index is 2.54. The van der Waals surface area contributed by atoms with Gasteiger partial charge in [0.2, 0.25) is 0 Å². The highest BCUT2D eigenvalue weighted by Crippen LogP contribution is 2.21. The van der Waals surface area contributed by atoms with Crippen LogP contribution in [0.5, 0.6) is 0 Å². The fraction of sp³-hybridized carbons (Fsp3) is 1.00. The van der Waals surface area contributed by atoms with E-state index in [2.05, 4.69) is 66.0 Å². The standard InChI is InChI=1S/C7H14I2/c1-5(2)7(9)4-6(3)8/h5-7H,4H2,1-3H3. The van der Waals surface area contributed by atoms with Crippen LogP contribution in [-0.2, 0) is 0 Å². The molecule has 2 atom stereocenters. The van der Waals surface area contributed by atoms with Crippen molar-refractivity contribution in [2.75, 3.05) is 0 Å². The van der Waals surface area contributed by atoms with Gasteiger partial charge in [-0.2, -0.15) is 0 Å². The van der Waals surface area contributed by atoms with E-state index in [1.807, 2.05) is 0 Å². The molecule has 0 N–H and O–H groups in total. The fourth-order valence-corrected chi connectivity index (χ4v) is 2.87. The zero-order chi connectivity index (χ0) is 7.44. The van der Waals surface area contributed by atoms with Gasteiger partial charge in [-0.05, 0) is 12.3 Å². The molecule has 0 fully saturated rings. The Morgan fingerprint density at radius 1 is 1.11 bits per heavy atom. The van der Waals surface area contributed by atoms with Crippen molar-refractivity contribution >= 4 is 45.2 Å². The van der Waals surface area contributed by atoms with E-state index < -0.39 is 0 Å². The highest BCUT2D eigenvalue weighted by molar-refractivity contribution is 14.1. The Balaban J connectivity index is 3.38.